The second-order valence-electron chi connectivity index (χ2n) is 3.16. The maximum atomic E-state index is 5.55. The van der Waals surface area contributed by atoms with E-state index in [1.54, 1.807) is 0 Å². The molecule has 0 aromatic heterocycles. The van der Waals surface area contributed by atoms with Crippen LogP contribution >= 0.6 is 0 Å². The van der Waals surface area contributed by atoms with Crippen LogP contribution in [0.3, 0.4) is 0 Å². The SMILES string of the molecule is C=C1COC(c2ccccc2)C1. The zero-order chi connectivity index (χ0) is 8.39. The van der Waals surface area contributed by atoms with Crippen LogP contribution in [0.1, 0.15) is 18.1 Å². The fourth-order valence-corrected chi connectivity index (χ4v) is 1.48. The van der Waals surface area contributed by atoms with Crippen LogP contribution in [-0.2, 0) is 4.74 Å². The maximum Gasteiger partial charge on any atom is 0.0867 e. The highest BCUT2D eigenvalue weighted by atomic mass is 16.5. The molecule has 0 radical (unpaired) electrons. The highest BCUT2D eigenvalue weighted by Gasteiger charge is 2.19. The van der Waals surface area contributed by atoms with Crippen LogP contribution < -0.4 is 0 Å². The number of hydrogen-bond acceptors (Lipinski definition) is 1. The van der Waals surface area contributed by atoms with E-state index in [1.807, 2.05) is 18.2 Å². The summed E-state index contributed by atoms with van der Waals surface area (Å²) >= 11 is 0. The highest BCUT2D eigenvalue weighted by molar-refractivity contribution is 5.21. The summed E-state index contributed by atoms with van der Waals surface area (Å²) in [5.41, 5.74) is 2.46. The van der Waals surface area contributed by atoms with Crippen LogP contribution in [0, 0.1) is 0 Å². The summed E-state index contributed by atoms with van der Waals surface area (Å²) in [6, 6.07) is 10.3. The molecule has 1 aliphatic heterocycles. The molecular formula is C11H12O. The molecule has 2 rings (SSSR count). The first-order valence-electron chi connectivity index (χ1n) is 4.19. The smallest absolute Gasteiger partial charge is 0.0867 e. The Morgan fingerprint density at radius 3 is 2.58 bits per heavy atom. The Morgan fingerprint density at radius 2 is 2.00 bits per heavy atom. The van der Waals surface area contributed by atoms with E-state index in [-0.39, 0.29) is 6.10 Å². The van der Waals surface area contributed by atoms with Crippen molar-refractivity contribution in [1.82, 2.24) is 0 Å². The fourth-order valence-electron chi connectivity index (χ4n) is 1.48. The number of rotatable bonds is 1. The zero-order valence-corrected chi connectivity index (χ0v) is 6.99. The van der Waals surface area contributed by atoms with Gasteiger partial charge in [-0.2, -0.15) is 0 Å². The Kier molecular flexibility index (Phi) is 1.96. The average Bonchev–Trinajstić information content (AvgIpc) is 2.54. The fraction of sp³-hybridized carbons (Fsp3) is 0.273. The van der Waals surface area contributed by atoms with Gasteiger partial charge < -0.3 is 4.74 Å². The van der Waals surface area contributed by atoms with Crippen LogP contribution in [0.2, 0.25) is 0 Å². The minimum atomic E-state index is 0.249. The molecule has 1 heteroatoms. The molecule has 1 aromatic rings. The number of hydrogen-bond donors (Lipinski definition) is 0. The van der Waals surface area contributed by atoms with E-state index in [0.717, 1.165) is 13.0 Å². The molecule has 0 bridgehead atoms. The lowest BCUT2D eigenvalue weighted by molar-refractivity contribution is 0.115. The molecule has 0 saturated carbocycles. The molecule has 0 N–H and O–H groups in total. The number of benzene rings is 1. The Labute approximate surface area is 72.7 Å². The van der Waals surface area contributed by atoms with Crippen molar-refractivity contribution in [3.63, 3.8) is 0 Å². The van der Waals surface area contributed by atoms with Gasteiger partial charge in [0.15, 0.2) is 0 Å². The predicted molar refractivity (Wildman–Crippen MR) is 48.9 cm³/mol. The lowest BCUT2D eigenvalue weighted by Gasteiger charge is -2.07. The van der Waals surface area contributed by atoms with Gasteiger partial charge in [-0.1, -0.05) is 36.9 Å². The highest BCUT2D eigenvalue weighted by Crippen LogP contribution is 2.30. The second-order valence-corrected chi connectivity index (χ2v) is 3.16. The van der Waals surface area contributed by atoms with Gasteiger partial charge in [0.1, 0.15) is 0 Å². The molecule has 1 atom stereocenters. The van der Waals surface area contributed by atoms with Gasteiger partial charge in [0.25, 0.3) is 0 Å². The lowest BCUT2D eigenvalue weighted by Crippen LogP contribution is -1.93. The molecule has 1 aromatic carbocycles. The van der Waals surface area contributed by atoms with Gasteiger partial charge in [0.2, 0.25) is 0 Å². The Balaban J connectivity index is 2.16. The molecule has 0 aliphatic carbocycles. The second kappa shape index (κ2) is 3.11. The first kappa shape index (κ1) is 7.56. The lowest BCUT2D eigenvalue weighted by atomic mass is 10.1. The van der Waals surface area contributed by atoms with Crippen LogP contribution in [0.25, 0.3) is 0 Å². The summed E-state index contributed by atoms with van der Waals surface area (Å²) < 4.78 is 5.55. The van der Waals surface area contributed by atoms with Crippen molar-refractivity contribution in [2.45, 2.75) is 12.5 Å². The quantitative estimate of drug-likeness (QED) is 0.574. The summed E-state index contributed by atoms with van der Waals surface area (Å²) in [6.07, 6.45) is 1.22. The third-order valence-corrected chi connectivity index (χ3v) is 2.13. The van der Waals surface area contributed by atoms with E-state index in [0.29, 0.717) is 0 Å². The molecule has 1 nitrogen and oxygen atoms in total. The summed E-state index contributed by atoms with van der Waals surface area (Å²) in [5.74, 6) is 0. The summed E-state index contributed by atoms with van der Waals surface area (Å²) in [5, 5.41) is 0. The monoisotopic (exact) mass is 160 g/mol. The molecular weight excluding hydrogens is 148 g/mol. The molecule has 12 heavy (non-hydrogen) atoms. The third-order valence-electron chi connectivity index (χ3n) is 2.13. The minimum absolute atomic E-state index is 0.249. The van der Waals surface area contributed by atoms with Crippen LogP contribution in [0.4, 0.5) is 0 Å². The third kappa shape index (κ3) is 1.41. The predicted octanol–water partition coefficient (Wildman–Crippen LogP) is 2.70. The van der Waals surface area contributed by atoms with E-state index >= 15 is 0 Å². The zero-order valence-electron chi connectivity index (χ0n) is 6.99. The first-order chi connectivity index (χ1) is 5.86. The van der Waals surface area contributed by atoms with Crippen molar-refractivity contribution in [3.05, 3.63) is 48.0 Å². The molecule has 1 aliphatic rings. The van der Waals surface area contributed by atoms with Crippen LogP contribution in [0.15, 0.2) is 42.5 Å². The summed E-state index contributed by atoms with van der Waals surface area (Å²) in [6.45, 7) is 4.63. The molecule has 1 saturated heterocycles. The van der Waals surface area contributed by atoms with Crippen molar-refractivity contribution in [2.75, 3.05) is 6.61 Å². The van der Waals surface area contributed by atoms with E-state index in [2.05, 4.69) is 18.7 Å². The van der Waals surface area contributed by atoms with Gasteiger partial charge in [0.05, 0.1) is 12.7 Å². The molecule has 0 amide bonds. The average molecular weight is 160 g/mol. The normalized spacial score (nSPS) is 23.0. The minimum Gasteiger partial charge on any atom is -0.369 e. The Bertz CT molecular complexity index is 276. The molecule has 0 spiro atoms. The van der Waals surface area contributed by atoms with Gasteiger partial charge >= 0.3 is 0 Å². The van der Waals surface area contributed by atoms with Gasteiger partial charge in [-0.3, -0.25) is 0 Å². The van der Waals surface area contributed by atoms with Crippen molar-refractivity contribution in [1.29, 1.82) is 0 Å². The van der Waals surface area contributed by atoms with E-state index in [4.69, 9.17) is 4.74 Å². The van der Waals surface area contributed by atoms with Crippen molar-refractivity contribution < 1.29 is 4.74 Å². The summed E-state index contributed by atoms with van der Waals surface area (Å²) in [4.78, 5) is 0. The molecule has 62 valence electrons. The molecule has 1 fully saturated rings. The van der Waals surface area contributed by atoms with Crippen molar-refractivity contribution >= 4 is 0 Å². The molecule has 1 heterocycles. The first-order valence-corrected chi connectivity index (χ1v) is 4.19. The summed E-state index contributed by atoms with van der Waals surface area (Å²) in [7, 11) is 0. The topological polar surface area (TPSA) is 9.23 Å². The maximum absolute atomic E-state index is 5.55. The molecule has 1 unspecified atom stereocenters. The Morgan fingerprint density at radius 1 is 1.25 bits per heavy atom. The Hall–Kier alpha value is -1.08. The van der Waals surface area contributed by atoms with Crippen LogP contribution in [0.5, 0.6) is 0 Å². The van der Waals surface area contributed by atoms with E-state index in [1.165, 1.54) is 11.1 Å². The van der Waals surface area contributed by atoms with Crippen molar-refractivity contribution in [2.24, 2.45) is 0 Å². The van der Waals surface area contributed by atoms with Gasteiger partial charge in [0, 0.05) is 6.42 Å². The number of ether oxygens (including phenoxy) is 1. The largest absolute Gasteiger partial charge is 0.369 e. The van der Waals surface area contributed by atoms with Crippen LogP contribution in [-0.4, -0.2) is 6.61 Å². The van der Waals surface area contributed by atoms with Gasteiger partial charge in [-0.15, -0.1) is 0 Å². The van der Waals surface area contributed by atoms with Crippen molar-refractivity contribution in [3.8, 4) is 0 Å². The van der Waals surface area contributed by atoms with Gasteiger partial charge in [-0.25, -0.2) is 0 Å². The standard InChI is InChI=1S/C11H12O/c1-9-7-11(12-8-9)10-5-3-2-4-6-10/h2-6,11H,1,7-8H2. The van der Waals surface area contributed by atoms with Gasteiger partial charge in [-0.05, 0) is 11.1 Å². The van der Waals surface area contributed by atoms with E-state index < -0.39 is 0 Å². The van der Waals surface area contributed by atoms with E-state index in [9.17, 15) is 0 Å².